The molecule has 24 heavy (non-hydrogen) atoms. The van der Waals surface area contributed by atoms with Crippen molar-refractivity contribution in [3.63, 3.8) is 0 Å². The van der Waals surface area contributed by atoms with Crippen LogP contribution in [-0.4, -0.2) is 36.6 Å². The normalized spacial score (nSPS) is 15.8. The predicted molar refractivity (Wildman–Crippen MR) is 108 cm³/mol. The molecule has 2 rings (SSSR count). The van der Waals surface area contributed by atoms with E-state index >= 15 is 0 Å². The van der Waals surface area contributed by atoms with Crippen LogP contribution in [0.3, 0.4) is 0 Å². The number of benzene rings is 1. The van der Waals surface area contributed by atoms with E-state index in [1.807, 2.05) is 11.8 Å². The Morgan fingerprint density at radius 2 is 1.83 bits per heavy atom. The summed E-state index contributed by atoms with van der Waals surface area (Å²) in [6, 6.07) is 5.00. The molecule has 0 heterocycles. The van der Waals surface area contributed by atoms with E-state index in [1.165, 1.54) is 48.1 Å². The molecule has 0 aromatic heterocycles. The number of aliphatic imine (C=N–C) groups is 1. The molecule has 0 amide bonds. The number of nitrogens with two attached hydrogens (primary N) is 1. The molecule has 0 bridgehead atoms. The maximum absolute atomic E-state index is 5.55. The van der Waals surface area contributed by atoms with Gasteiger partial charge in [-0.05, 0) is 44.7 Å². The van der Waals surface area contributed by atoms with Crippen LogP contribution in [0.1, 0.15) is 42.4 Å². The number of rotatable bonds is 7. The first-order chi connectivity index (χ1) is 11.6. The van der Waals surface area contributed by atoms with Crippen molar-refractivity contribution in [3.05, 3.63) is 28.8 Å². The Morgan fingerprint density at radius 1 is 1.17 bits per heavy atom. The summed E-state index contributed by atoms with van der Waals surface area (Å²) in [5.74, 6) is 2.94. The van der Waals surface area contributed by atoms with Crippen molar-refractivity contribution in [1.29, 1.82) is 0 Å². The number of hydrogen-bond acceptors (Lipinski definition) is 3. The highest BCUT2D eigenvalue weighted by Crippen LogP contribution is 2.22. The molecule has 134 valence electrons. The zero-order valence-corrected chi connectivity index (χ0v) is 16.1. The molecular weight excluding hydrogens is 316 g/mol. The lowest BCUT2D eigenvalue weighted by Gasteiger charge is -2.20. The standard InChI is InChI=1S/C19H32N4S/c1-14-12-15(2)18(16(3)13-14)23-19(21-9-11-24-10-8-20)22-17-6-4-5-7-17/h12-13,17H,4-11,20H2,1-3H3,(H2,21,22,23). The van der Waals surface area contributed by atoms with E-state index in [2.05, 4.69) is 43.5 Å². The van der Waals surface area contributed by atoms with Gasteiger partial charge in [0.25, 0.3) is 0 Å². The Kier molecular flexibility index (Phi) is 7.92. The van der Waals surface area contributed by atoms with Gasteiger partial charge in [-0.15, -0.1) is 0 Å². The molecule has 0 aliphatic heterocycles. The topological polar surface area (TPSA) is 62.4 Å². The third kappa shape index (κ3) is 6.02. The molecule has 1 aromatic rings. The highest BCUT2D eigenvalue weighted by Gasteiger charge is 2.17. The monoisotopic (exact) mass is 348 g/mol. The summed E-state index contributed by atoms with van der Waals surface area (Å²) in [6.07, 6.45) is 5.13. The SMILES string of the molecule is Cc1cc(C)c(NC(=NCCSCCN)NC2CCCC2)c(C)c1. The van der Waals surface area contributed by atoms with Gasteiger partial charge in [0.1, 0.15) is 0 Å². The van der Waals surface area contributed by atoms with Gasteiger partial charge in [0.2, 0.25) is 0 Å². The van der Waals surface area contributed by atoms with Crippen LogP contribution in [-0.2, 0) is 0 Å². The lowest BCUT2D eigenvalue weighted by Crippen LogP contribution is -2.38. The molecule has 0 unspecified atom stereocenters. The fourth-order valence-corrected chi connectivity index (χ4v) is 3.88. The Bertz CT molecular complexity index is 527. The van der Waals surface area contributed by atoms with Crippen LogP contribution < -0.4 is 16.4 Å². The van der Waals surface area contributed by atoms with Crippen LogP contribution >= 0.6 is 11.8 Å². The average Bonchev–Trinajstić information content (AvgIpc) is 3.03. The third-order valence-corrected chi connectivity index (χ3v) is 5.38. The lowest BCUT2D eigenvalue weighted by molar-refractivity contribution is 0.628. The molecule has 5 heteroatoms. The highest BCUT2D eigenvalue weighted by atomic mass is 32.2. The molecule has 1 fully saturated rings. The number of thioether (sulfide) groups is 1. The van der Waals surface area contributed by atoms with Crippen LogP contribution in [0.2, 0.25) is 0 Å². The van der Waals surface area contributed by atoms with Gasteiger partial charge in [0.15, 0.2) is 5.96 Å². The van der Waals surface area contributed by atoms with Crippen LogP contribution in [0.15, 0.2) is 17.1 Å². The summed E-state index contributed by atoms with van der Waals surface area (Å²) in [5.41, 5.74) is 10.6. The molecule has 0 saturated heterocycles. The fraction of sp³-hybridized carbons (Fsp3) is 0.632. The second kappa shape index (κ2) is 9.94. The molecule has 4 nitrogen and oxygen atoms in total. The molecule has 1 aliphatic rings. The summed E-state index contributed by atoms with van der Waals surface area (Å²) >= 11 is 1.86. The molecule has 0 atom stereocenters. The molecule has 4 N–H and O–H groups in total. The predicted octanol–water partition coefficient (Wildman–Crippen LogP) is 3.60. The Morgan fingerprint density at radius 3 is 2.46 bits per heavy atom. The molecule has 1 saturated carbocycles. The zero-order valence-electron chi connectivity index (χ0n) is 15.3. The number of aryl methyl sites for hydroxylation is 3. The third-order valence-electron chi connectivity index (χ3n) is 4.38. The van der Waals surface area contributed by atoms with Gasteiger partial charge < -0.3 is 16.4 Å². The van der Waals surface area contributed by atoms with Crippen molar-refractivity contribution in [2.75, 3.05) is 29.9 Å². The Labute approximate surface area is 151 Å². The van der Waals surface area contributed by atoms with Gasteiger partial charge in [-0.1, -0.05) is 30.5 Å². The second-order valence-electron chi connectivity index (χ2n) is 6.66. The van der Waals surface area contributed by atoms with Crippen molar-refractivity contribution < 1.29 is 0 Å². The minimum Gasteiger partial charge on any atom is -0.353 e. The quantitative estimate of drug-likeness (QED) is 0.400. The number of guanidine groups is 1. The number of hydrogen-bond donors (Lipinski definition) is 3. The van der Waals surface area contributed by atoms with Gasteiger partial charge in [-0.3, -0.25) is 4.99 Å². The van der Waals surface area contributed by atoms with Crippen molar-refractivity contribution in [1.82, 2.24) is 5.32 Å². The van der Waals surface area contributed by atoms with Crippen molar-refractivity contribution >= 4 is 23.4 Å². The summed E-state index contributed by atoms with van der Waals surface area (Å²) in [7, 11) is 0. The van der Waals surface area contributed by atoms with Crippen molar-refractivity contribution in [2.45, 2.75) is 52.5 Å². The van der Waals surface area contributed by atoms with Crippen LogP contribution in [0, 0.1) is 20.8 Å². The van der Waals surface area contributed by atoms with Crippen LogP contribution in [0.5, 0.6) is 0 Å². The summed E-state index contributed by atoms with van der Waals surface area (Å²) in [6.45, 7) is 8.02. The van der Waals surface area contributed by atoms with E-state index in [0.29, 0.717) is 6.04 Å². The van der Waals surface area contributed by atoms with E-state index in [0.717, 1.165) is 30.6 Å². The molecule has 0 radical (unpaired) electrons. The minimum absolute atomic E-state index is 0.555. The molecular formula is C19H32N4S. The minimum atomic E-state index is 0.555. The van der Waals surface area contributed by atoms with E-state index in [9.17, 15) is 0 Å². The first-order valence-electron chi connectivity index (χ1n) is 9.04. The first-order valence-corrected chi connectivity index (χ1v) is 10.2. The number of nitrogens with zero attached hydrogens (tertiary/aromatic N) is 1. The summed E-state index contributed by atoms with van der Waals surface area (Å²) in [5, 5.41) is 7.19. The van der Waals surface area contributed by atoms with E-state index in [-0.39, 0.29) is 0 Å². The second-order valence-corrected chi connectivity index (χ2v) is 7.88. The lowest BCUT2D eigenvalue weighted by atomic mass is 10.1. The number of anilines is 1. The smallest absolute Gasteiger partial charge is 0.196 e. The van der Waals surface area contributed by atoms with Crippen molar-refractivity contribution in [3.8, 4) is 0 Å². The highest BCUT2D eigenvalue weighted by molar-refractivity contribution is 7.99. The van der Waals surface area contributed by atoms with E-state index < -0.39 is 0 Å². The van der Waals surface area contributed by atoms with Gasteiger partial charge in [0.05, 0.1) is 6.54 Å². The maximum atomic E-state index is 5.55. The average molecular weight is 349 g/mol. The summed E-state index contributed by atoms with van der Waals surface area (Å²) in [4.78, 5) is 4.79. The van der Waals surface area contributed by atoms with Crippen molar-refractivity contribution in [2.24, 2.45) is 10.7 Å². The van der Waals surface area contributed by atoms with E-state index in [4.69, 9.17) is 10.7 Å². The van der Waals surface area contributed by atoms with Gasteiger partial charge >= 0.3 is 0 Å². The first kappa shape index (κ1) is 19.1. The molecule has 1 aliphatic carbocycles. The maximum Gasteiger partial charge on any atom is 0.196 e. The fourth-order valence-electron chi connectivity index (χ4n) is 3.29. The number of nitrogens with one attached hydrogen (secondary N) is 2. The van der Waals surface area contributed by atoms with E-state index in [1.54, 1.807) is 0 Å². The molecule has 0 spiro atoms. The Balaban J connectivity index is 2.05. The molecule has 1 aromatic carbocycles. The Hall–Kier alpha value is -1.20. The van der Waals surface area contributed by atoms with Crippen LogP contribution in [0.25, 0.3) is 0 Å². The zero-order chi connectivity index (χ0) is 17.4. The van der Waals surface area contributed by atoms with Crippen LogP contribution in [0.4, 0.5) is 5.69 Å². The van der Waals surface area contributed by atoms with Gasteiger partial charge in [-0.25, -0.2) is 0 Å². The van der Waals surface area contributed by atoms with Gasteiger partial charge in [-0.2, -0.15) is 11.8 Å². The van der Waals surface area contributed by atoms with Gasteiger partial charge in [0, 0.05) is 29.8 Å². The largest absolute Gasteiger partial charge is 0.353 e. The summed E-state index contributed by atoms with van der Waals surface area (Å²) < 4.78 is 0.